The highest BCUT2D eigenvalue weighted by Gasteiger charge is 2.33. The van der Waals surface area contributed by atoms with Gasteiger partial charge < -0.3 is 14.2 Å². The molecule has 3 amide bonds. The Kier molecular flexibility index (Phi) is 6.04. The maximum atomic E-state index is 13.0. The Morgan fingerprint density at radius 2 is 1.84 bits per heavy atom. The van der Waals surface area contributed by atoms with E-state index in [0.29, 0.717) is 10.7 Å². The first kappa shape index (κ1) is 20.7. The summed E-state index contributed by atoms with van der Waals surface area (Å²) >= 11 is 6.03. The molecule has 158 valence electrons. The van der Waals surface area contributed by atoms with E-state index in [-0.39, 0.29) is 49.8 Å². The molecule has 0 unspecified atom stereocenters. The molecular formula is C23H20ClN3O4. The van der Waals surface area contributed by atoms with Crippen LogP contribution >= 0.6 is 11.6 Å². The van der Waals surface area contributed by atoms with Gasteiger partial charge in [0.2, 0.25) is 11.8 Å². The number of carbonyl (C=O) groups is 3. The number of anilines is 1. The SMILES string of the molecule is O=C(CN(Cc1ccccc1)C(=O)c1ccco1)N1CC(=O)N(c2cccc(Cl)c2)C1. The summed E-state index contributed by atoms with van der Waals surface area (Å²) in [6.45, 7) is 0.114. The molecule has 31 heavy (non-hydrogen) atoms. The summed E-state index contributed by atoms with van der Waals surface area (Å²) in [6.07, 6.45) is 1.41. The van der Waals surface area contributed by atoms with Crippen molar-refractivity contribution in [3.63, 3.8) is 0 Å². The molecule has 2 aromatic carbocycles. The van der Waals surface area contributed by atoms with Gasteiger partial charge in [-0.05, 0) is 35.9 Å². The van der Waals surface area contributed by atoms with Crippen LogP contribution in [0, 0.1) is 0 Å². The van der Waals surface area contributed by atoms with Crippen LogP contribution in [0.15, 0.2) is 77.4 Å². The summed E-state index contributed by atoms with van der Waals surface area (Å²) in [5.74, 6) is -0.766. The van der Waals surface area contributed by atoms with Gasteiger partial charge in [0.15, 0.2) is 5.76 Å². The zero-order valence-electron chi connectivity index (χ0n) is 16.6. The van der Waals surface area contributed by atoms with Crippen LogP contribution in [0.5, 0.6) is 0 Å². The molecule has 1 aromatic heterocycles. The third kappa shape index (κ3) is 4.78. The van der Waals surface area contributed by atoms with Gasteiger partial charge >= 0.3 is 0 Å². The van der Waals surface area contributed by atoms with Crippen LogP contribution in [0.2, 0.25) is 5.02 Å². The van der Waals surface area contributed by atoms with Crippen molar-refractivity contribution in [3.05, 3.63) is 89.3 Å². The Morgan fingerprint density at radius 1 is 1.03 bits per heavy atom. The molecule has 2 heterocycles. The Hall–Kier alpha value is -3.58. The number of hydrogen-bond donors (Lipinski definition) is 0. The minimum Gasteiger partial charge on any atom is -0.459 e. The van der Waals surface area contributed by atoms with Gasteiger partial charge in [0.05, 0.1) is 6.26 Å². The van der Waals surface area contributed by atoms with Crippen molar-refractivity contribution in [2.24, 2.45) is 0 Å². The van der Waals surface area contributed by atoms with Gasteiger partial charge in [0.25, 0.3) is 5.91 Å². The molecule has 0 saturated carbocycles. The Labute approximate surface area is 184 Å². The van der Waals surface area contributed by atoms with Crippen molar-refractivity contribution < 1.29 is 18.8 Å². The van der Waals surface area contributed by atoms with Gasteiger partial charge in [-0.2, -0.15) is 0 Å². The van der Waals surface area contributed by atoms with Crippen LogP contribution in [0.1, 0.15) is 16.1 Å². The lowest BCUT2D eigenvalue weighted by atomic mass is 10.2. The summed E-state index contributed by atoms with van der Waals surface area (Å²) < 4.78 is 5.23. The fourth-order valence-electron chi connectivity index (χ4n) is 3.41. The van der Waals surface area contributed by atoms with E-state index in [1.54, 1.807) is 36.4 Å². The van der Waals surface area contributed by atoms with Crippen molar-refractivity contribution in [1.82, 2.24) is 9.80 Å². The largest absolute Gasteiger partial charge is 0.459 e. The summed E-state index contributed by atoms with van der Waals surface area (Å²) in [5.41, 5.74) is 1.51. The van der Waals surface area contributed by atoms with Crippen molar-refractivity contribution >= 4 is 35.0 Å². The number of nitrogens with zero attached hydrogens (tertiary/aromatic N) is 3. The summed E-state index contributed by atoms with van der Waals surface area (Å²) in [4.78, 5) is 42.8. The first-order valence-corrected chi connectivity index (χ1v) is 10.1. The molecule has 3 aromatic rings. The fraction of sp³-hybridized carbons (Fsp3) is 0.174. The highest BCUT2D eigenvalue weighted by atomic mass is 35.5. The summed E-state index contributed by atoms with van der Waals surface area (Å²) in [5, 5.41) is 0.508. The highest BCUT2D eigenvalue weighted by molar-refractivity contribution is 6.31. The maximum Gasteiger partial charge on any atom is 0.290 e. The fourth-order valence-corrected chi connectivity index (χ4v) is 3.59. The number of amides is 3. The first-order chi connectivity index (χ1) is 15.0. The van der Waals surface area contributed by atoms with E-state index in [9.17, 15) is 14.4 Å². The molecule has 4 rings (SSSR count). The topological polar surface area (TPSA) is 74.1 Å². The molecule has 0 atom stereocenters. The second-order valence-electron chi connectivity index (χ2n) is 7.16. The van der Waals surface area contributed by atoms with E-state index in [0.717, 1.165) is 5.56 Å². The molecule has 0 spiro atoms. The van der Waals surface area contributed by atoms with Crippen LogP contribution in [0.3, 0.4) is 0 Å². The standard InChI is InChI=1S/C23H20ClN3O4/c24-18-8-4-9-19(12-18)27-16-26(15-22(27)29)21(28)14-25(13-17-6-2-1-3-7-17)23(30)20-10-5-11-31-20/h1-12H,13-16H2. The van der Waals surface area contributed by atoms with Gasteiger partial charge in [-0.1, -0.05) is 48.0 Å². The zero-order chi connectivity index (χ0) is 21.8. The molecule has 0 bridgehead atoms. The highest BCUT2D eigenvalue weighted by Crippen LogP contribution is 2.23. The van der Waals surface area contributed by atoms with Crippen LogP contribution in [-0.4, -0.2) is 47.3 Å². The second-order valence-corrected chi connectivity index (χ2v) is 7.60. The van der Waals surface area contributed by atoms with E-state index in [1.807, 2.05) is 30.3 Å². The molecule has 0 aliphatic carbocycles. The molecule has 8 heteroatoms. The average Bonchev–Trinajstić information content (AvgIpc) is 3.43. The van der Waals surface area contributed by atoms with Gasteiger partial charge in [-0.25, -0.2) is 0 Å². The normalized spacial score (nSPS) is 13.5. The van der Waals surface area contributed by atoms with E-state index in [2.05, 4.69) is 0 Å². The molecular weight excluding hydrogens is 418 g/mol. The number of benzene rings is 2. The van der Waals surface area contributed by atoms with Crippen molar-refractivity contribution in [2.45, 2.75) is 6.54 Å². The van der Waals surface area contributed by atoms with E-state index in [4.69, 9.17) is 16.0 Å². The number of furan rings is 1. The van der Waals surface area contributed by atoms with E-state index < -0.39 is 0 Å². The predicted molar refractivity (Wildman–Crippen MR) is 115 cm³/mol. The van der Waals surface area contributed by atoms with Gasteiger partial charge in [0.1, 0.15) is 19.8 Å². The monoisotopic (exact) mass is 437 g/mol. The lowest BCUT2D eigenvalue weighted by Gasteiger charge is -2.24. The van der Waals surface area contributed by atoms with Crippen LogP contribution in [-0.2, 0) is 16.1 Å². The first-order valence-electron chi connectivity index (χ1n) is 9.71. The molecule has 0 N–H and O–H groups in total. The number of halogens is 1. The molecule has 0 radical (unpaired) electrons. The molecule has 1 aliphatic heterocycles. The number of carbonyl (C=O) groups excluding carboxylic acids is 3. The van der Waals surface area contributed by atoms with Crippen LogP contribution in [0.4, 0.5) is 5.69 Å². The molecule has 1 fully saturated rings. The second kappa shape index (κ2) is 9.06. The van der Waals surface area contributed by atoms with Crippen molar-refractivity contribution in [3.8, 4) is 0 Å². The smallest absolute Gasteiger partial charge is 0.290 e. The van der Waals surface area contributed by atoms with Crippen LogP contribution in [0.25, 0.3) is 0 Å². The molecule has 7 nitrogen and oxygen atoms in total. The van der Waals surface area contributed by atoms with Gasteiger partial charge in [-0.3, -0.25) is 19.3 Å². The minimum atomic E-state index is -0.389. The van der Waals surface area contributed by atoms with Crippen molar-refractivity contribution in [2.75, 3.05) is 24.7 Å². The molecule has 1 aliphatic rings. The predicted octanol–water partition coefficient (Wildman–Crippen LogP) is 3.41. The Bertz CT molecular complexity index is 1090. The molecule has 1 saturated heterocycles. The number of hydrogen-bond acceptors (Lipinski definition) is 4. The average molecular weight is 438 g/mol. The Balaban J connectivity index is 1.49. The van der Waals surface area contributed by atoms with Gasteiger partial charge in [0, 0.05) is 17.3 Å². The zero-order valence-corrected chi connectivity index (χ0v) is 17.4. The van der Waals surface area contributed by atoms with E-state index in [1.165, 1.54) is 21.0 Å². The maximum absolute atomic E-state index is 13.0. The van der Waals surface area contributed by atoms with Gasteiger partial charge in [-0.15, -0.1) is 0 Å². The minimum absolute atomic E-state index is 0.0561. The quantitative estimate of drug-likeness (QED) is 0.592. The number of rotatable bonds is 6. The summed E-state index contributed by atoms with van der Waals surface area (Å²) in [6, 6.07) is 19.5. The summed E-state index contributed by atoms with van der Waals surface area (Å²) in [7, 11) is 0. The Morgan fingerprint density at radius 3 is 2.55 bits per heavy atom. The van der Waals surface area contributed by atoms with Crippen molar-refractivity contribution in [1.29, 1.82) is 0 Å². The third-order valence-electron chi connectivity index (χ3n) is 4.97. The van der Waals surface area contributed by atoms with Crippen LogP contribution < -0.4 is 4.90 Å². The van der Waals surface area contributed by atoms with E-state index >= 15 is 0 Å². The lowest BCUT2D eigenvalue weighted by molar-refractivity contribution is -0.132. The third-order valence-corrected chi connectivity index (χ3v) is 5.21. The lowest BCUT2D eigenvalue weighted by Crippen LogP contribution is -2.42.